The van der Waals surface area contributed by atoms with Crippen molar-refractivity contribution in [2.75, 3.05) is 57.8 Å². The molecule has 1 aromatic carbocycles. The minimum absolute atomic E-state index is 0.170. The van der Waals surface area contributed by atoms with E-state index in [0.717, 1.165) is 89.0 Å². The first-order valence-corrected chi connectivity index (χ1v) is 11.7. The van der Waals surface area contributed by atoms with Crippen molar-refractivity contribution in [3.05, 3.63) is 29.8 Å². The van der Waals surface area contributed by atoms with Crippen LogP contribution in [-0.4, -0.2) is 84.2 Å². The van der Waals surface area contributed by atoms with E-state index in [9.17, 15) is 4.79 Å². The summed E-state index contributed by atoms with van der Waals surface area (Å²) in [5.41, 5.74) is 2.36. The van der Waals surface area contributed by atoms with Gasteiger partial charge in [-0.05, 0) is 55.6 Å². The molecule has 2 heterocycles. The summed E-state index contributed by atoms with van der Waals surface area (Å²) in [5.74, 6) is 0.170. The zero-order valence-electron chi connectivity index (χ0n) is 18.4. The molecule has 2 saturated heterocycles. The van der Waals surface area contributed by atoms with E-state index in [1.807, 2.05) is 4.90 Å². The lowest BCUT2D eigenvalue weighted by Gasteiger charge is -2.40. The molecule has 1 aromatic rings. The van der Waals surface area contributed by atoms with Crippen LogP contribution in [0.25, 0.3) is 0 Å². The van der Waals surface area contributed by atoms with Gasteiger partial charge >= 0.3 is 0 Å². The summed E-state index contributed by atoms with van der Waals surface area (Å²) in [5, 5.41) is 4.25. The lowest BCUT2D eigenvalue weighted by Crippen LogP contribution is -2.50. The molecule has 1 N–H and O–H groups in total. The van der Waals surface area contributed by atoms with Crippen LogP contribution in [0.3, 0.4) is 0 Å². The maximum atomic E-state index is 11.7. The van der Waals surface area contributed by atoms with Crippen molar-refractivity contribution < 1.29 is 9.53 Å². The lowest BCUT2D eigenvalue weighted by molar-refractivity contribution is -0.130. The maximum Gasteiger partial charge on any atom is 0.219 e. The van der Waals surface area contributed by atoms with E-state index in [-0.39, 0.29) is 5.91 Å². The lowest BCUT2D eigenvalue weighted by atomic mass is 10.0. The van der Waals surface area contributed by atoms with Gasteiger partial charge in [-0.25, -0.2) is 0 Å². The molecule has 2 fully saturated rings. The fourth-order valence-corrected chi connectivity index (χ4v) is 4.61. The number of aryl methyl sites for hydroxylation is 1. The average Bonchev–Trinajstić information content (AvgIpc) is 2.78. The number of ether oxygens (including phenoxy) is 1. The highest BCUT2D eigenvalue weighted by Crippen LogP contribution is 2.20. The summed E-state index contributed by atoms with van der Waals surface area (Å²) in [6.07, 6.45) is 4.04. The molecule has 0 aromatic heterocycles. The van der Waals surface area contributed by atoms with Gasteiger partial charge in [0.05, 0.1) is 13.2 Å². The van der Waals surface area contributed by atoms with Gasteiger partial charge in [0.25, 0.3) is 0 Å². The molecule has 3 rings (SSSR count). The molecule has 0 spiro atoms. The molecular formula is C23H36N4O2S. The van der Waals surface area contributed by atoms with E-state index in [2.05, 4.69) is 46.3 Å². The van der Waals surface area contributed by atoms with Crippen molar-refractivity contribution in [3.8, 4) is 0 Å². The fraction of sp³-hybridized carbons (Fsp3) is 0.652. The number of piperidine rings is 1. The number of hydrogen-bond donors (Lipinski definition) is 1. The zero-order chi connectivity index (χ0) is 21.3. The van der Waals surface area contributed by atoms with E-state index in [4.69, 9.17) is 17.0 Å². The van der Waals surface area contributed by atoms with Gasteiger partial charge in [-0.15, -0.1) is 0 Å². The number of rotatable bonds is 7. The Bertz CT molecular complexity index is 683. The molecule has 0 atom stereocenters. The molecule has 2 aliphatic heterocycles. The van der Waals surface area contributed by atoms with Crippen LogP contribution in [0, 0.1) is 0 Å². The van der Waals surface area contributed by atoms with Crippen LogP contribution >= 0.6 is 12.2 Å². The summed E-state index contributed by atoms with van der Waals surface area (Å²) >= 11 is 5.85. The van der Waals surface area contributed by atoms with Crippen molar-refractivity contribution in [2.24, 2.45) is 0 Å². The zero-order valence-corrected chi connectivity index (χ0v) is 19.3. The van der Waals surface area contributed by atoms with Crippen LogP contribution in [0.4, 0.5) is 5.69 Å². The monoisotopic (exact) mass is 432 g/mol. The average molecular weight is 433 g/mol. The summed E-state index contributed by atoms with van der Waals surface area (Å²) in [4.78, 5) is 18.5. The van der Waals surface area contributed by atoms with Crippen LogP contribution < -0.4 is 5.32 Å². The van der Waals surface area contributed by atoms with Crippen LogP contribution in [0.5, 0.6) is 0 Å². The first-order valence-electron chi connectivity index (χ1n) is 11.3. The van der Waals surface area contributed by atoms with Crippen LogP contribution in [0.15, 0.2) is 24.3 Å². The first kappa shape index (κ1) is 23.0. The molecule has 166 valence electrons. The van der Waals surface area contributed by atoms with E-state index in [0.29, 0.717) is 6.04 Å². The Morgan fingerprint density at radius 3 is 2.43 bits per heavy atom. The molecule has 7 heteroatoms. The number of morpholine rings is 1. The molecule has 30 heavy (non-hydrogen) atoms. The number of hydrogen-bond acceptors (Lipinski definition) is 4. The van der Waals surface area contributed by atoms with Gasteiger partial charge in [0, 0.05) is 57.9 Å². The number of carbonyl (C=O) groups is 1. The fourth-order valence-electron chi connectivity index (χ4n) is 4.25. The number of thiocarbonyl (C=S) groups is 1. The third-order valence-corrected chi connectivity index (χ3v) is 6.54. The number of nitrogens with one attached hydrogen (secondary N) is 1. The van der Waals surface area contributed by atoms with Gasteiger partial charge in [0.15, 0.2) is 5.11 Å². The van der Waals surface area contributed by atoms with E-state index in [1.165, 1.54) is 5.56 Å². The van der Waals surface area contributed by atoms with Gasteiger partial charge in [-0.3, -0.25) is 9.69 Å². The number of likely N-dealkylation sites (tertiary alicyclic amines) is 1. The highest BCUT2D eigenvalue weighted by molar-refractivity contribution is 7.80. The van der Waals surface area contributed by atoms with Crippen molar-refractivity contribution >= 4 is 28.9 Å². The quantitative estimate of drug-likeness (QED) is 0.669. The van der Waals surface area contributed by atoms with Crippen LogP contribution in [0.1, 0.15) is 38.7 Å². The third-order valence-electron chi connectivity index (χ3n) is 6.20. The maximum absolute atomic E-state index is 11.7. The molecule has 0 unspecified atom stereocenters. The van der Waals surface area contributed by atoms with Crippen molar-refractivity contribution in [1.82, 2.24) is 14.7 Å². The van der Waals surface area contributed by atoms with E-state index >= 15 is 0 Å². The Hall–Kier alpha value is -1.70. The SMILES string of the molecule is CCc1ccc(NC(=S)N(CCCN2CCOCC2)C2CCN(C(C)=O)CC2)cc1. The number of benzene rings is 1. The molecule has 2 aliphatic rings. The van der Waals surface area contributed by atoms with Gasteiger partial charge < -0.3 is 19.9 Å². The van der Waals surface area contributed by atoms with Gasteiger partial charge in [-0.1, -0.05) is 19.1 Å². The van der Waals surface area contributed by atoms with Crippen molar-refractivity contribution in [2.45, 2.75) is 45.6 Å². The Morgan fingerprint density at radius 2 is 1.83 bits per heavy atom. The largest absolute Gasteiger partial charge is 0.379 e. The molecule has 0 saturated carbocycles. The molecule has 0 aliphatic carbocycles. The van der Waals surface area contributed by atoms with Gasteiger partial charge in [-0.2, -0.15) is 0 Å². The smallest absolute Gasteiger partial charge is 0.219 e. The highest BCUT2D eigenvalue weighted by Gasteiger charge is 2.27. The second kappa shape index (κ2) is 11.6. The molecule has 0 radical (unpaired) electrons. The number of nitrogens with zero attached hydrogens (tertiary/aromatic N) is 3. The summed E-state index contributed by atoms with van der Waals surface area (Å²) in [6, 6.07) is 8.89. The molecule has 1 amide bonds. The van der Waals surface area contributed by atoms with E-state index in [1.54, 1.807) is 6.92 Å². The van der Waals surface area contributed by atoms with E-state index < -0.39 is 0 Å². The highest BCUT2D eigenvalue weighted by atomic mass is 32.1. The Labute approximate surface area is 186 Å². The number of anilines is 1. The summed E-state index contributed by atoms with van der Waals surface area (Å²) < 4.78 is 5.46. The topological polar surface area (TPSA) is 48.0 Å². The number of amides is 1. The van der Waals surface area contributed by atoms with Crippen molar-refractivity contribution in [1.29, 1.82) is 0 Å². The number of carbonyl (C=O) groups excluding carboxylic acids is 1. The first-order chi connectivity index (χ1) is 14.6. The van der Waals surface area contributed by atoms with Gasteiger partial charge in [0.2, 0.25) is 5.91 Å². The predicted octanol–water partition coefficient (Wildman–Crippen LogP) is 2.98. The molecular weight excluding hydrogens is 396 g/mol. The Balaban J connectivity index is 1.59. The standard InChI is InChI=1S/C23H36N4O2S/c1-3-20-5-7-21(8-6-20)24-23(30)27(12-4-11-25-15-17-29-18-16-25)22-9-13-26(14-10-22)19(2)28/h5-8,22H,3-4,9-18H2,1-2H3,(H,24,30). The Morgan fingerprint density at radius 1 is 1.17 bits per heavy atom. The Kier molecular flexibility index (Phi) is 8.90. The van der Waals surface area contributed by atoms with Crippen molar-refractivity contribution in [3.63, 3.8) is 0 Å². The van der Waals surface area contributed by atoms with Crippen LogP contribution in [-0.2, 0) is 16.0 Å². The van der Waals surface area contributed by atoms with Crippen LogP contribution in [0.2, 0.25) is 0 Å². The molecule has 0 bridgehead atoms. The second-order valence-electron chi connectivity index (χ2n) is 8.22. The minimum Gasteiger partial charge on any atom is -0.379 e. The summed E-state index contributed by atoms with van der Waals surface area (Å²) in [6.45, 7) is 11.2. The predicted molar refractivity (Wildman–Crippen MR) is 126 cm³/mol. The third kappa shape index (κ3) is 6.65. The molecule has 6 nitrogen and oxygen atoms in total. The van der Waals surface area contributed by atoms with Gasteiger partial charge in [0.1, 0.15) is 0 Å². The normalized spacial score (nSPS) is 18.3. The summed E-state index contributed by atoms with van der Waals surface area (Å²) in [7, 11) is 0. The minimum atomic E-state index is 0.170. The second-order valence-corrected chi connectivity index (χ2v) is 8.61.